The first-order valence-corrected chi connectivity index (χ1v) is 7.88. The molecule has 8 heteroatoms. The topological polar surface area (TPSA) is 93.1 Å². The van der Waals surface area contributed by atoms with Crippen molar-refractivity contribution in [3.63, 3.8) is 0 Å². The number of hydrogen-bond acceptors (Lipinski definition) is 7. The van der Waals surface area contributed by atoms with Crippen LogP contribution in [0.4, 0.5) is 0 Å². The van der Waals surface area contributed by atoms with Gasteiger partial charge in [0, 0.05) is 17.7 Å². The molecule has 1 aliphatic heterocycles. The second kappa shape index (κ2) is 8.66. The third-order valence-corrected chi connectivity index (χ3v) is 4.06. The number of nitrogens with zero attached hydrogens (tertiary/aromatic N) is 1. The number of ether oxygens (including phenoxy) is 2. The highest BCUT2D eigenvalue weighted by molar-refractivity contribution is 7.98. The Hall–Kier alpha value is -1.90. The van der Waals surface area contributed by atoms with E-state index in [-0.39, 0.29) is 51.1 Å². The maximum atomic E-state index is 11.8. The van der Waals surface area contributed by atoms with Crippen molar-refractivity contribution in [2.75, 3.05) is 26.4 Å². The molecule has 0 radical (unpaired) electrons. The molecule has 1 heterocycles. The van der Waals surface area contributed by atoms with Gasteiger partial charge < -0.3 is 14.6 Å². The zero-order valence-electron chi connectivity index (χ0n) is 12.4. The number of benzene rings is 1. The van der Waals surface area contributed by atoms with Gasteiger partial charge >= 0.3 is 5.97 Å². The minimum absolute atomic E-state index is 0.0743. The monoisotopic (exact) mass is 339 g/mol. The van der Waals surface area contributed by atoms with Crippen LogP contribution in [0.5, 0.6) is 0 Å². The lowest BCUT2D eigenvalue weighted by Crippen LogP contribution is -2.20. The lowest BCUT2D eigenvalue weighted by molar-refractivity contribution is -0.131. The van der Waals surface area contributed by atoms with Gasteiger partial charge in [0.15, 0.2) is 0 Å². The summed E-state index contributed by atoms with van der Waals surface area (Å²) in [6, 6.07) is 6.46. The molecule has 0 bridgehead atoms. The van der Waals surface area contributed by atoms with E-state index in [9.17, 15) is 14.4 Å². The number of amides is 2. The van der Waals surface area contributed by atoms with Gasteiger partial charge in [0.1, 0.15) is 6.61 Å². The number of carbonyl (C=O) groups is 3. The maximum absolute atomic E-state index is 11.8. The van der Waals surface area contributed by atoms with Crippen molar-refractivity contribution in [1.82, 2.24) is 4.31 Å². The number of esters is 1. The molecule has 1 fully saturated rings. The highest BCUT2D eigenvalue weighted by atomic mass is 32.2. The number of aliphatic hydroxyl groups is 1. The SMILES string of the molecule is O=C(OCCOCCO)c1ccc(SN2C(=O)CCC2=O)cc1. The summed E-state index contributed by atoms with van der Waals surface area (Å²) in [6.45, 7) is 0.456. The fourth-order valence-corrected chi connectivity index (χ4v) is 2.71. The second-order valence-electron chi connectivity index (χ2n) is 4.67. The second-order valence-corrected chi connectivity index (χ2v) is 5.69. The van der Waals surface area contributed by atoms with Gasteiger partial charge in [-0.1, -0.05) is 0 Å². The minimum Gasteiger partial charge on any atom is -0.460 e. The third kappa shape index (κ3) is 5.05. The standard InChI is InChI=1S/C15H17NO6S/c17-7-8-21-9-10-22-15(20)11-1-3-12(4-2-11)23-16-13(18)5-6-14(16)19/h1-4,17H,5-10H2. The smallest absolute Gasteiger partial charge is 0.338 e. The molecule has 2 rings (SSSR count). The van der Waals surface area contributed by atoms with Crippen LogP contribution in [0.25, 0.3) is 0 Å². The van der Waals surface area contributed by atoms with Crippen molar-refractivity contribution in [2.24, 2.45) is 0 Å². The first-order valence-electron chi connectivity index (χ1n) is 7.11. The minimum atomic E-state index is -0.484. The molecule has 23 heavy (non-hydrogen) atoms. The van der Waals surface area contributed by atoms with Crippen LogP contribution in [0.2, 0.25) is 0 Å². The van der Waals surface area contributed by atoms with Crippen LogP contribution in [0, 0.1) is 0 Å². The fourth-order valence-electron chi connectivity index (χ4n) is 1.86. The van der Waals surface area contributed by atoms with E-state index in [2.05, 4.69) is 0 Å². The largest absolute Gasteiger partial charge is 0.460 e. The quantitative estimate of drug-likeness (QED) is 0.327. The van der Waals surface area contributed by atoms with Gasteiger partial charge in [-0.2, -0.15) is 0 Å². The van der Waals surface area contributed by atoms with Gasteiger partial charge in [-0.25, -0.2) is 9.10 Å². The van der Waals surface area contributed by atoms with Crippen molar-refractivity contribution in [2.45, 2.75) is 17.7 Å². The van der Waals surface area contributed by atoms with Crippen molar-refractivity contribution in [3.8, 4) is 0 Å². The van der Waals surface area contributed by atoms with Crippen LogP contribution in [0.1, 0.15) is 23.2 Å². The highest BCUT2D eigenvalue weighted by Gasteiger charge is 2.30. The van der Waals surface area contributed by atoms with Crippen molar-refractivity contribution in [3.05, 3.63) is 29.8 Å². The molecule has 1 saturated heterocycles. The summed E-state index contributed by atoms with van der Waals surface area (Å²) < 4.78 is 11.1. The van der Waals surface area contributed by atoms with Gasteiger partial charge in [-0.3, -0.25) is 9.59 Å². The molecule has 0 aliphatic carbocycles. The Morgan fingerprint density at radius 1 is 1.09 bits per heavy atom. The molecule has 1 N–H and O–H groups in total. The molecular weight excluding hydrogens is 322 g/mol. The summed E-state index contributed by atoms with van der Waals surface area (Å²) in [5.41, 5.74) is 0.371. The Kier molecular flexibility index (Phi) is 6.57. The predicted molar refractivity (Wildman–Crippen MR) is 81.6 cm³/mol. The molecule has 0 saturated carbocycles. The van der Waals surface area contributed by atoms with Crippen molar-refractivity contribution in [1.29, 1.82) is 0 Å². The van der Waals surface area contributed by atoms with Gasteiger partial charge in [0.05, 0.1) is 25.4 Å². The Labute approximate surface area is 137 Å². The molecule has 1 aromatic rings. The number of hydrogen-bond donors (Lipinski definition) is 1. The van der Waals surface area contributed by atoms with Crippen molar-refractivity contribution >= 4 is 29.7 Å². The molecule has 7 nitrogen and oxygen atoms in total. The normalized spacial score (nSPS) is 14.4. The van der Waals surface area contributed by atoms with Crippen LogP contribution in [0.15, 0.2) is 29.2 Å². The third-order valence-electron chi connectivity index (χ3n) is 2.99. The molecule has 1 aromatic carbocycles. The Bertz CT molecular complexity index is 558. The number of imide groups is 1. The molecule has 0 spiro atoms. The summed E-state index contributed by atoms with van der Waals surface area (Å²) in [7, 11) is 0. The lowest BCUT2D eigenvalue weighted by atomic mass is 10.2. The van der Waals surface area contributed by atoms with E-state index in [0.29, 0.717) is 10.5 Å². The number of carbonyl (C=O) groups excluding carboxylic acids is 3. The molecule has 0 unspecified atom stereocenters. The summed E-state index contributed by atoms with van der Waals surface area (Å²) >= 11 is 1.05. The van der Waals surface area contributed by atoms with E-state index < -0.39 is 5.97 Å². The van der Waals surface area contributed by atoms with Crippen LogP contribution >= 0.6 is 11.9 Å². The van der Waals surface area contributed by atoms with Crippen LogP contribution in [0.3, 0.4) is 0 Å². The molecule has 0 aromatic heterocycles. The molecule has 1 aliphatic rings. The van der Waals surface area contributed by atoms with Crippen LogP contribution < -0.4 is 0 Å². The van der Waals surface area contributed by atoms with E-state index in [1.165, 1.54) is 0 Å². The first kappa shape index (κ1) is 17.5. The van der Waals surface area contributed by atoms with Gasteiger partial charge in [0.25, 0.3) is 0 Å². The number of rotatable bonds is 8. The fraction of sp³-hybridized carbons (Fsp3) is 0.400. The van der Waals surface area contributed by atoms with Gasteiger partial charge in [0.2, 0.25) is 11.8 Å². The predicted octanol–water partition coefficient (Wildman–Crippen LogP) is 1.01. The van der Waals surface area contributed by atoms with Gasteiger partial charge in [-0.05, 0) is 36.2 Å². The van der Waals surface area contributed by atoms with Crippen LogP contribution in [-0.2, 0) is 19.1 Å². The highest BCUT2D eigenvalue weighted by Crippen LogP contribution is 2.28. The zero-order chi connectivity index (χ0) is 16.7. The van der Waals surface area contributed by atoms with Crippen LogP contribution in [-0.4, -0.2) is 53.6 Å². The Balaban J connectivity index is 1.83. The zero-order valence-corrected chi connectivity index (χ0v) is 13.2. The van der Waals surface area contributed by atoms with E-state index in [4.69, 9.17) is 14.6 Å². The first-order chi connectivity index (χ1) is 11.1. The molecule has 2 amide bonds. The summed E-state index contributed by atoms with van der Waals surface area (Å²) in [5, 5.41) is 8.53. The maximum Gasteiger partial charge on any atom is 0.338 e. The average molecular weight is 339 g/mol. The van der Waals surface area contributed by atoms with Crippen molar-refractivity contribution < 1.29 is 29.0 Å². The molecule has 0 atom stereocenters. The molecule has 124 valence electrons. The summed E-state index contributed by atoms with van der Waals surface area (Å²) in [5.74, 6) is -0.889. The molecular formula is C15H17NO6S. The van der Waals surface area contributed by atoms with E-state index in [1.54, 1.807) is 24.3 Å². The Morgan fingerprint density at radius 3 is 2.35 bits per heavy atom. The summed E-state index contributed by atoms with van der Waals surface area (Å²) in [6.07, 6.45) is 0.489. The van der Waals surface area contributed by atoms with Gasteiger partial charge in [-0.15, -0.1) is 0 Å². The van der Waals surface area contributed by atoms with E-state index >= 15 is 0 Å². The van der Waals surface area contributed by atoms with E-state index in [0.717, 1.165) is 16.3 Å². The lowest BCUT2D eigenvalue weighted by Gasteiger charge is -2.12. The average Bonchev–Trinajstić information content (AvgIpc) is 2.87. The number of aliphatic hydroxyl groups excluding tert-OH is 1. The summed E-state index contributed by atoms with van der Waals surface area (Å²) in [4.78, 5) is 35.6. The Morgan fingerprint density at radius 2 is 1.74 bits per heavy atom. The van der Waals surface area contributed by atoms with E-state index in [1.807, 2.05) is 0 Å².